The van der Waals surface area contributed by atoms with Gasteiger partial charge in [0.2, 0.25) is 0 Å². The van der Waals surface area contributed by atoms with E-state index < -0.39 is 11.6 Å². The minimum atomic E-state index is -0.828. The predicted octanol–water partition coefficient (Wildman–Crippen LogP) is 2.47. The van der Waals surface area contributed by atoms with Crippen LogP contribution in [0, 0.1) is 17.0 Å². The zero-order valence-electron chi connectivity index (χ0n) is 6.27. The smallest absolute Gasteiger partial charge is 0.159 e. The lowest BCUT2D eigenvalue weighted by molar-refractivity contribution is 0.507. The molecule has 1 fully saturated rings. The fourth-order valence-electron chi connectivity index (χ4n) is 1.21. The van der Waals surface area contributed by atoms with E-state index in [9.17, 15) is 8.78 Å². The Morgan fingerprint density at radius 1 is 1.25 bits per heavy atom. The van der Waals surface area contributed by atoms with Crippen LogP contribution in [0.15, 0.2) is 18.2 Å². The van der Waals surface area contributed by atoms with Gasteiger partial charge in [-0.3, -0.25) is 0 Å². The average molecular weight is 167 g/mol. The summed E-state index contributed by atoms with van der Waals surface area (Å²) in [5, 5.41) is 7.21. The van der Waals surface area contributed by atoms with Gasteiger partial charge >= 0.3 is 0 Å². The van der Waals surface area contributed by atoms with Crippen molar-refractivity contribution in [3.63, 3.8) is 0 Å². The van der Waals surface area contributed by atoms with Crippen molar-refractivity contribution in [1.82, 2.24) is 0 Å². The molecule has 1 nitrogen and oxygen atoms in total. The Hall–Kier alpha value is -1.25. The maximum Gasteiger partial charge on any atom is 0.159 e. The van der Waals surface area contributed by atoms with Crippen LogP contribution < -0.4 is 0 Å². The Kier molecular flexibility index (Phi) is 1.46. The summed E-state index contributed by atoms with van der Waals surface area (Å²) in [5.41, 5.74) is 1.31. The standard InChI is InChI=1S/C9H7F2N/c10-7-2-1-5(3-8(7)11)6-4-9(6)12/h1-3,6,12H,4H2. The highest BCUT2D eigenvalue weighted by molar-refractivity contribution is 6.03. The molecule has 0 aliphatic heterocycles. The Morgan fingerprint density at radius 2 is 1.92 bits per heavy atom. The van der Waals surface area contributed by atoms with Crippen molar-refractivity contribution in [3.05, 3.63) is 35.4 Å². The Labute approximate surface area is 68.5 Å². The highest BCUT2D eigenvalue weighted by atomic mass is 19.2. The summed E-state index contributed by atoms with van der Waals surface area (Å²) in [6.07, 6.45) is 0.686. The highest BCUT2D eigenvalue weighted by Gasteiger charge is 2.31. The molecule has 0 saturated heterocycles. The molecule has 2 rings (SSSR count). The van der Waals surface area contributed by atoms with E-state index in [2.05, 4.69) is 0 Å². The molecule has 1 aliphatic rings. The first-order valence-corrected chi connectivity index (χ1v) is 3.71. The van der Waals surface area contributed by atoms with Crippen LogP contribution in [0.2, 0.25) is 0 Å². The van der Waals surface area contributed by atoms with Gasteiger partial charge in [0.1, 0.15) is 0 Å². The van der Waals surface area contributed by atoms with Crippen molar-refractivity contribution in [1.29, 1.82) is 5.41 Å². The molecule has 0 radical (unpaired) electrons. The number of nitrogens with one attached hydrogen (secondary N) is 1. The summed E-state index contributed by atoms with van der Waals surface area (Å²) in [6, 6.07) is 3.81. The van der Waals surface area contributed by atoms with E-state index in [4.69, 9.17) is 5.41 Å². The molecule has 1 N–H and O–H groups in total. The van der Waals surface area contributed by atoms with Gasteiger partial charge in [-0.05, 0) is 24.1 Å². The van der Waals surface area contributed by atoms with Crippen molar-refractivity contribution in [2.24, 2.45) is 0 Å². The van der Waals surface area contributed by atoms with E-state index in [1.54, 1.807) is 0 Å². The lowest BCUT2D eigenvalue weighted by Gasteiger charge is -1.96. The van der Waals surface area contributed by atoms with Crippen LogP contribution in [0.4, 0.5) is 8.78 Å². The van der Waals surface area contributed by atoms with Gasteiger partial charge in [0.15, 0.2) is 11.6 Å². The van der Waals surface area contributed by atoms with E-state index in [-0.39, 0.29) is 5.92 Å². The fourth-order valence-corrected chi connectivity index (χ4v) is 1.21. The molecule has 1 aromatic rings. The summed E-state index contributed by atoms with van der Waals surface area (Å²) in [6.45, 7) is 0. The second-order valence-electron chi connectivity index (χ2n) is 2.96. The predicted molar refractivity (Wildman–Crippen MR) is 41.4 cm³/mol. The summed E-state index contributed by atoms with van der Waals surface area (Å²) < 4.78 is 25.1. The van der Waals surface area contributed by atoms with Crippen molar-refractivity contribution in [3.8, 4) is 0 Å². The molecular formula is C9H7F2N. The topological polar surface area (TPSA) is 23.9 Å². The van der Waals surface area contributed by atoms with Crippen LogP contribution in [0.5, 0.6) is 0 Å². The van der Waals surface area contributed by atoms with E-state index in [0.717, 1.165) is 6.07 Å². The molecule has 1 saturated carbocycles. The molecule has 62 valence electrons. The van der Waals surface area contributed by atoms with E-state index in [0.29, 0.717) is 17.7 Å². The average Bonchev–Trinajstić information content (AvgIpc) is 2.73. The third-order valence-corrected chi connectivity index (χ3v) is 2.03. The Bertz CT molecular complexity index is 346. The maximum atomic E-state index is 12.6. The lowest BCUT2D eigenvalue weighted by atomic mass is 10.1. The second kappa shape index (κ2) is 2.37. The Morgan fingerprint density at radius 3 is 2.42 bits per heavy atom. The molecule has 1 atom stereocenters. The minimum absolute atomic E-state index is 0.0418. The number of halogens is 2. The molecule has 3 heteroatoms. The van der Waals surface area contributed by atoms with Crippen LogP contribution >= 0.6 is 0 Å². The number of rotatable bonds is 1. The lowest BCUT2D eigenvalue weighted by Crippen LogP contribution is -1.87. The summed E-state index contributed by atoms with van der Waals surface area (Å²) >= 11 is 0. The van der Waals surface area contributed by atoms with Gasteiger partial charge in [0, 0.05) is 11.6 Å². The van der Waals surface area contributed by atoms with Crippen molar-refractivity contribution < 1.29 is 8.78 Å². The molecule has 12 heavy (non-hydrogen) atoms. The van der Waals surface area contributed by atoms with Crippen molar-refractivity contribution in [2.75, 3.05) is 0 Å². The number of hydrogen-bond acceptors (Lipinski definition) is 1. The molecule has 1 unspecified atom stereocenters. The second-order valence-corrected chi connectivity index (χ2v) is 2.96. The van der Waals surface area contributed by atoms with Gasteiger partial charge in [-0.25, -0.2) is 8.78 Å². The van der Waals surface area contributed by atoms with E-state index >= 15 is 0 Å². The Balaban J connectivity index is 2.35. The molecule has 1 aliphatic carbocycles. The molecular weight excluding hydrogens is 160 g/mol. The van der Waals surface area contributed by atoms with Crippen molar-refractivity contribution >= 4 is 5.71 Å². The zero-order chi connectivity index (χ0) is 8.72. The quantitative estimate of drug-likeness (QED) is 0.664. The third kappa shape index (κ3) is 1.11. The van der Waals surface area contributed by atoms with Crippen LogP contribution in [0.3, 0.4) is 0 Å². The molecule has 0 amide bonds. The largest absolute Gasteiger partial charge is 0.309 e. The highest BCUT2D eigenvalue weighted by Crippen LogP contribution is 2.36. The number of hydrogen-bond donors (Lipinski definition) is 1. The van der Waals surface area contributed by atoms with Gasteiger partial charge in [0.05, 0.1) is 0 Å². The third-order valence-electron chi connectivity index (χ3n) is 2.03. The summed E-state index contributed by atoms with van der Waals surface area (Å²) in [4.78, 5) is 0. The SMILES string of the molecule is N=C1CC1c1ccc(F)c(F)c1. The van der Waals surface area contributed by atoms with Crippen molar-refractivity contribution in [2.45, 2.75) is 12.3 Å². The van der Waals surface area contributed by atoms with Crippen LogP contribution in [0.25, 0.3) is 0 Å². The molecule has 0 heterocycles. The monoisotopic (exact) mass is 167 g/mol. The maximum absolute atomic E-state index is 12.6. The summed E-state index contributed by atoms with van der Waals surface area (Å²) in [7, 11) is 0. The fraction of sp³-hybridized carbons (Fsp3) is 0.222. The minimum Gasteiger partial charge on any atom is -0.309 e. The first-order chi connectivity index (χ1) is 5.68. The molecule has 0 aromatic heterocycles. The summed E-state index contributed by atoms with van der Waals surface area (Å²) in [5.74, 6) is -1.61. The van der Waals surface area contributed by atoms with Gasteiger partial charge in [0.25, 0.3) is 0 Å². The number of benzene rings is 1. The van der Waals surface area contributed by atoms with Crippen LogP contribution in [-0.2, 0) is 0 Å². The van der Waals surface area contributed by atoms with Crippen LogP contribution in [-0.4, -0.2) is 5.71 Å². The van der Waals surface area contributed by atoms with E-state index in [1.807, 2.05) is 0 Å². The first kappa shape index (κ1) is 7.40. The zero-order valence-corrected chi connectivity index (χ0v) is 6.27. The van der Waals surface area contributed by atoms with E-state index in [1.165, 1.54) is 12.1 Å². The van der Waals surface area contributed by atoms with Gasteiger partial charge in [-0.15, -0.1) is 0 Å². The molecule has 0 spiro atoms. The normalized spacial score (nSPS) is 21.2. The molecule has 1 aromatic carbocycles. The first-order valence-electron chi connectivity index (χ1n) is 3.71. The molecule has 0 bridgehead atoms. The van der Waals surface area contributed by atoms with Crippen LogP contribution in [0.1, 0.15) is 17.9 Å². The van der Waals surface area contributed by atoms with Gasteiger partial charge < -0.3 is 5.41 Å². The van der Waals surface area contributed by atoms with Gasteiger partial charge in [-0.1, -0.05) is 6.07 Å². The van der Waals surface area contributed by atoms with Gasteiger partial charge in [-0.2, -0.15) is 0 Å².